The first-order valence-corrected chi connectivity index (χ1v) is 6.77. The molecular formula is C14H18N4O3. The Morgan fingerprint density at radius 2 is 2.00 bits per heavy atom. The summed E-state index contributed by atoms with van der Waals surface area (Å²) in [5.41, 5.74) is 7.19. The Bertz CT molecular complexity index is 526. The van der Waals surface area contributed by atoms with E-state index in [1.807, 2.05) is 12.1 Å². The van der Waals surface area contributed by atoms with Crippen LogP contribution in [0.1, 0.15) is 18.4 Å². The van der Waals surface area contributed by atoms with E-state index in [-0.39, 0.29) is 31.3 Å². The van der Waals surface area contributed by atoms with E-state index in [1.165, 1.54) is 0 Å². The molecule has 0 atom stereocenters. The lowest BCUT2D eigenvalue weighted by molar-refractivity contribution is -0.125. The van der Waals surface area contributed by atoms with Gasteiger partial charge in [-0.25, -0.2) is 4.79 Å². The van der Waals surface area contributed by atoms with Crippen LogP contribution in [0.3, 0.4) is 0 Å². The molecule has 0 spiro atoms. The number of hydrogen-bond donors (Lipinski definition) is 3. The Hall–Kier alpha value is -2.41. The summed E-state index contributed by atoms with van der Waals surface area (Å²) in [5, 5.41) is 5.19. The van der Waals surface area contributed by atoms with Crippen molar-refractivity contribution in [1.82, 2.24) is 10.2 Å². The largest absolute Gasteiger partial charge is 0.329 e. The lowest BCUT2D eigenvalue weighted by Gasteiger charge is -2.11. The fraction of sp³-hybridized carbons (Fsp3) is 0.357. The molecule has 112 valence electrons. The van der Waals surface area contributed by atoms with Gasteiger partial charge in [-0.05, 0) is 24.1 Å². The fourth-order valence-corrected chi connectivity index (χ4v) is 2.03. The standard InChI is InChI=1S/C14H18N4O3/c15-8-10-3-5-11(6-4-10)17-12(19)2-1-7-18-13(20)9-16-14(18)21/h3-6H,1-2,7-9,15H2,(H,16,21)(H,17,19). The summed E-state index contributed by atoms with van der Waals surface area (Å²) in [4.78, 5) is 35.5. The molecule has 0 unspecified atom stereocenters. The summed E-state index contributed by atoms with van der Waals surface area (Å²) in [6.07, 6.45) is 0.682. The molecule has 21 heavy (non-hydrogen) atoms. The Balaban J connectivity index is 1.74. The van der Waals surface area contributed by atoms with E-state index in [0.717, 1.165) is 10.5 Å². The maximum absolute atomic E-state index is 11.8. The normalized spacial score (nSPS) is 14.2. The third kappa shape index (κ3) is 4.03. The van der Waals surface area contributed by atoms with Crippen molar-refractivity contribution in [2.24, 2.45) is 5.73 Å². The summed E-state index contributed by atoms with van der Waals surface area (Å²) in [6, 6.07) is 6.89. The molecule has 1 aromatic rings. The van der Waals surface area contributed by atoms with Crippen LogP contribution in [0.15, 0.2) is 24.3 Å². The quantitative estimate of drug-likeness (QED) is 0.660. The molecule has 4 amide bonds. The number of anilines is 1. The average Bonchev–Trinajstić information content (AvgIpc) is 2.80. The minimum absolute atomic E-state index is 0.0402. The van der Waals surface area contributed by atoms with Crippen molar-refractivity contribution in [2.45, 2.75) is 19.4 Å². The second-order valence-corrected chi connectivity index (χ2v) is 4.76. The van der Waals surface area contributed by atoms with Gasteiger partial charge in [0.25, 0.3) is 0 Å². The molecular weight excluding hydrogens is 272 g/mol. The van der Waals surface area contributed by atoms with E-state index >= 15 is 0 Å². The Labute approximate surface area is 122 Å². The minimum atomic E-state index is -0.391. The molecule has 4 N–H and O–H groups in total. The van der Waals surface area contributed by atoms with Gasteiger partial charge in [-0.2, -0.15) is 0 Å². The maximum Gasteiger partial charge on any atom is 0.324 e. The number of urea groups is 1. The predicted octanol–water partition coefficient (Wildman–Crippen LogP) is 0.416. The highest BCUT2D eigenvalue weighted by atomic mass is 16.2. The van der Waals surface area contributed by atoms with Crippen LogP contribution in [0, 0.1) is 0 Å². The Morgan fingerprint density at radius 1 is 1.29 bits per heavy atom. The number of imide groups is 1. The highest BCUT2D eigenvalue weighted by molar-refractivity contribution is 6.02. The second kappa shape index (κ2) is 6.85. The summed E-state index contributed by atoms with van der Waals surface area (Å²) >= 11 is 0. The van der Waals surface area contributed by atoms with Crippen molar-refractivity contribution in [3.63, 3.8) is 0 Å². The van der Waals surface area contributed by atoms with Gasteiger partial charge in [-0.1, -0.05) is 12.1 Å². The molecule has 7 nitrogen and oxygen atoms in total. The first-order valence-electron chi connectivity index (χ1n) is 6.77. The molecule has 2 rings (SSSR count). The summed E-state index contributed by atoms with van der Waals surface area (Å²) in [6.45, 7) is 0.753. The lowest BCUT2D eigenvalue weighted by atomic mass is 10.2. The van der Waals surface area contributed by atoms with E-state index in [2.05, 4.69) is 10.6 Å². The highest BCUT2D eigenvalue weighted by Gasteiger charge is 2.27. The van der Waals surface area contributed by atoms with Gasteiger partial charge in [-0.15, -0.1) is 0 Å². The molecule has 7 heteroatoms. The Morgan fingerprint density at radius 3 is 2.57 bits per heavy atom. The zero-order valence-electron chi connectivity index (χ0n) is 11.6. The molecule has 1 heterocycles. The van der Waals surface area contributed by atoms with Gasteiger partial charge in [0.15, 0.2) is 0 Å². The van der Waals surface area contributed by atoms with Crippen molar-refractivity contribution < 1.29 is 14.4 Å². The number of rotatable bonds is 6. The van der Waals surface area contributed by atoms with Crippen molar-refractivity contribution >= 4 is 23.5 Å². The third-order valence-corrected chi connectivity index (χ3v) is 3.20. The van der Waals surface area contributed by atoms with Gasteiger partial charge in [0, 0.05) is 25.2 Å². The molecule has 0 radical (unpaired) electrons. The van der Waals surface area contributed by atoms with Gasteiger partial charge >= 0.3 is 6.03 Å². The van der Waals surface area contributed by atoms with Crippen LogP contribution in [0.2, 0.25) is 0 Å². The van der Waals surface area contributed by atoms with Gasteiger partial charge in [0.1, 0.15) is 0 Å². The molecule has 0 aromatic heterocycles. The number of carbonyl (C=O) groups excluding carboxylic acids is 3. The molecule has 0 bridgehead atoms. The molecule has 1 aliphatic heterocycles. The van der Waals surface area contributed by atoms with E-state index in [9.17, 15) is 14.4 Å². The van der Waals surface area contributed by atoms with Crippen LogP contribution in [-0.2, 0) is 16.1 Å². The zero-order valence-corrected chi connectivity index (χ0v) is 11.6. The molecule has 1 aliphatic rings. The topological polar surface area (TPSA) is 105 Å². The van der Waals surface area contributed by atoms with E-state index in [0.29, 0.717) is 18.7 Å². The number of amides is 4. The Kier molecular flexibility index (Phi) is 4.89. The molecule has 0 aliphatic carbocycles. The van der Waals surface area contributed by atoms with Gasteiger partial charge in [-0.3, -0.25) is 14.5 Å². The van der Waals surface area contributed by atoms with Crippen molar-refractivity contribution in [1.29, 1.82) is 0 Å². The number of nitrogens with two attached hydrogens (primary N) is 1. The zero-order chi connectivity index (χ0) is 15.2. The number of hydrogen-bond acceptors (Lipinski definition) is 4. The smallest absolute Gasteiger partial charge is 0.324 e. The van der Waals surface area contributed by atoms with E-state index in [4.69, 9.17) is 5.73 Å². The summed E-state index contributed by atoms with van der Waals surface area (Å²) < 4.78 is 0. The number of nitrogens with zero attached hydrogens (tertiary/aromatic N) is 1. The van der Waals surface area contributed by atoms with Gasteiger partial charge < -0.3 is 16.4 Å². The third-order valence-electron chi connectivity index (χ3n) is 3.20. The number of benzene rings is 1. The number of nitrogens with one attached hydrogen (secondary N) is 2. The summed E-state index contributed by atoms with van der Waals surface area (Å²) in [7, 11) is 0. The van der Waals surface area contributed by atoms with Crippen LogP contribution in [0.25, 0.3) is 0 Å². The van der Waals surface area contributed by atoms with Crippen molar-refractivity contribution in [3.05, 3.63) is 29.8 Å². The van der Waals surface area contributed by atoms with Crippen LogP contribution in [0.4, 0.5) is 10.5 Å². The monoisotopic (exact) mass is 290 g/mol. The highest BCUT2D eigenvalue weighted by Crippen LogP contribution is 2.10. The minimum Gasteiger partial charge on any atom is -0.329 e. The first-order chi connectivity index (χ1) is 10.1. The van der Waals surface area contributed by atoms with Crippen LogP contribution < -0.4 is 16.4 Å². The fourth-order valence-electron chi connectivity index (χ4n) is 2.03. The average molecular weight is 290 g/mol. The molecule has 1 fully saturated rings. The SMILES string of the molecule is NCc1ccc(NC(=O)CCCN2C(=O)CNC2=O)cc1. The number of carbonyl (C=O) groups is 3. The van der Waals surface area contributed by atoms with Crippen LogP contribution in [0.5, 0.6) is 0 Å². The second-order valence-electron chi connectivity index (χ2n) is 4.76. The lowest BCUT2D eigenvalue weighted by Crippen LogP contribution is -2.32. The van der Waals surface area contributed by atoms with Gasteiger partial charge in [0.05, 0.1) is 6.54 Å². The predicted molar refractivity (Wildman–Crippen MR) is 77.3 cm³/mol. The van der Waals surface area contributed by atoms with Gasteiger partial charge in [0.2, 0.25) is 11.8 Å². The van der Waals surface area contributed by atoms with Crippen molar-refractivity contribution in [2.75, 3.05) is 18.4 Å². The van der Waals surface area contributed by atoms with E-state index < -0.39 is 6.03 Å². The molecule has 0 saturated carbocycles. The molecule has 1 saturated heterocycles. The van der Waals surface area contributed by atoms with E-state index in [1.54, 1.807) is 12.1 Å². The maximum atomic E-state index is 11.8. The van der Waals surface area contributed by atoms with Crippen LogP contribution >= 0.6 is 0 Å². The first kappa shape index (κ1) is 15.0. The summed E-state index contributed by atoms with van der Waals surface area (Å²) in [5.74, 6) is -0.402. The van der Waals surface area contributed by atoms with Crippen LogP contribution in [-0.4, -0.2) is 35.8 Å². The van der Waals surface area contributed by atoms with Crippen molar-refractivity contribution in [3.8, 4) is 0 Å². The molecule has 1 aromatic carbocycles.